The fourth-order valence-electron chi connectivity index (χ4n) is 1.85. The van der Waals surface area contributed by atoms with Gasteiger partial charge < -0.3 is 10.1 Å². The lowest BCUT2D eigenvalue weighted by molar-refractivity contribution is 0.133. The molecule has 0 radical (unpaired) electrons. The molecular weight excluding hydrogens is 240 g/mol. The van der Waals surface area contributed by atoms with Gasteiger partial charge in [-0.15, -0.1) is 0 Å². The minimum absolute atomic E-state index is 0.760. The zero-order valence-corrected chi connectivity index (χ0v) is 11.7. The van der Waals surface area contributed by atoms with Crippen LogP contribution in [0, 0.1) is 6.92 Å². The summed E-state index contributed by atoms with van der Waals surface area (Å²) < 4.78 is 7.31. The number of aryl methyl sites for hydroxylation is 1. The van der Waals surface area contributed by atoms with Crippen molar-refractivity contribution in [2.24, 2.45) is 0 Å². The third-order valence-electron chi connectivity index (χ3n) is 2.88. The molecule has 0 saturated heterocycles. The Balaban J connectivity index is 1.72. The predicted molar refractivity (Wildman–Crippen MR) is 75.2 cm³/mol. The molecule has 104 valence electrons. The third-order valence-corrected chi connectivity index (χ3v) is 2.88. The van der Waals surface area contributed by atoms with Crippen molar-refractivity contribution in [3.63, 3.8) is 0 Å². The van der Waals surface area contributed by atoms with Gasteiger partial charge in [-0.25, -0.2) is 9.50 Å². The molecule has 19 heavy (non-hydrogen) atoms. The van der Waals surface area contributed by atoms with Crippen LogP contribution in [-0.2, 0) is 11.3 Å². The average molecular weight is 262 g/mol. The molecule has 0 aliphatic carbocycles. The summed E-state index contributed by atoms with van der Waals surface area (Å²) in [5.41, 5.74) is 3.01. The van der Waals surface area contributed by atoms with Crippen LogP contribution in [-0.4, -0.2) is 34.4 Å². The van der Waals surface area contributed by atoms with Gasteiger partial charge in [-0.2, -0.15) is 5.10 Å². The zero-order valence-electron chi connectivity index (χ0n) is 11.7. The minimum atomic E-state index is 0.760. The Bertz CT molecular complexity index is 509. The molecule has 2 aromatic rings. The van der Waals surface area contributed by atoms with Gasteiger partial charge in [-0.3, -0.25) is 0 Å². The second-order valence-electron chi connectivity index (χ2n) is 4.69. The van der Waals surface area contributed by atoms with E-state index in [9.17, 15) is 0 Å². The summed E-state index contributed by atoms with van der Waals surface area (Å²) in [5, 5.41) is 7.70. The van der Waals surface area contributed by atoms with E-state index in [4.69, 9.17) is 4.74 Å². The molecule has 5 heteroatoms. The maximum Gasteiger partial charge on any atom is 0.155 e. The second-order valence-corrected chi connectivity index (χ2v) is 4.69. The van der Waals surface area contributed by atoms with Crippen LogP contribution >= 0.6 is 0 Å². The van der Waals surface area contributed by atoms with E-state index in [-0.39, 0.29) is 0 Å². The number of nitrogens with one attached hydrogen (secondary N) is 1. The van der Waals surface area contributed by atoms with Crippen LogP contribution in [0.2, 0.25) is 0 Å². The van der Waals surface area contributed by atoms with E-state index in [1.165, 1.54) is 6.42 Å². The minimum Gasteiger partial charge on any atom is -0.380 e. The van der Waals surface area contributed by atoms with Gasteiger partial charge in [-0.05, 0) is 13.3 Å². The molecule has 0 saturated carbocycles. The summed E-state index contributed by atoms with van der Waals surface area (Å²) in [4.78, 5) is 4.37. The van der Waals surface area contributed by atoms with Crippen LogP contribution in [0.5, 0.6) is 0 Å². The molecule has 2 heterocycles. The summed E-state index contributed by atoms with van der Waals surface area (Å²) in [6.07, 6.45) is 6.23. The maximum absolute atomic E-state index is 5.49. The van der Waals surface area contributed by atoms with Gasteiger partial charge in [0.25, 0.3) is 0 Å². The topological polar surface area (TPSA) is 51.5 Å². The van der Waals surface area contributed by atoms with Crippen LogP contribution < -0.4 is 5.32 Å². The van der Waals surface area contributed by atoms with Crippen molar-refractivity contribution in [1.82, 2.24) is 19.9 Å². The van der Waals surface area contributed by atoms with Crippen molar-refractivity contribution in [3.8, 4) is 0 Å². The highest BCUT2D eigenvalue weighted by Gasteiger charge is 2.00. The van der Waals surface area contributed by atoms with Gasteiger partial charge in [0.15, 0.2) is 5.65 Å². The third kappa shape index (κ3) is 4.29. The van der Waals surface area contributed by atoms with Crippen LogP contribution in [0.3, 0.4) is 0 Å². The van der Waals surface area contributed by atoms with E-state index in [0.717, 1.165) is 49.6 Å². The lowest BCUT2D eigenvalue weighted by atomic mass is 10.3. The lowest BCUT2D eigenvalue weighted by Crippen LogP contribution is -2.19. The quantitative estimate of drug-likeness (QED) is 0.739. The molecule has 0 bridgehead atoms. The highest BCUT2D eigenvalue weighted by atomic mass is 16.5. The SMILES string of the molecule is CCCCOCCNCc1cnc2cc(C)nn2c1. The summed E-state index contributed by atoms with van der Waals surface area (Å²) in [6, 6.07) is 1.97. The number of unbranched alkanes of at least 4 members (excludes halogenated alkanes) is 1. The van der Waals surface area contributed by atoms with Crippen LogP contribution in [0.25, 0.3) is 5.65 Å². The first-order chi connectivity index (χ1) is 9.29. The van der Waals surface area contributed by atoms with Crippen molar-refractivity contribution < 1.29 is 4.74 Å². The summed E-state index contributed by atoms with van der Waals surface area (Å²) in [6.45, 7) is 7.41. The van der Waals surface area contributed by atoms with Gasteiger partial charge in [0, 0.05) is 43.7 Å². The second kappa shape index (κ2) is 7.21. The van der Waals surface area contributed by atoms with E-state index in [1.54, 1.807) is 0 Å². The monoisotopic (exact) mass is 262 g/mol. The molecule has 0 amide bonds. The van der Waals surface area contributed by atoms with Crippen LogP contribution in [0.1, 0.15) is 31.0 Å². The Morgan fingerprint density at radius 3 is 3.11 bits per heavy atom. The molecule has 0 atom stereocenters. The van der Waals surface area contributed by atoms with E-state index >= 15 is 0 Å². The van der Waals surface area contributed by atoms with Gasteiger partial charge in [0.1, 0.15) is 0 Å². The van der Waals surface area contributed by atoms with Crippen molar-refractivity contribution in [2.75, 3.05) is 19.8 Å². The fourth-order valence-corrected chi connectivity index (χ4v) is 1.85. The van der Waals surface area contributed by atoms with Crippen molar-refractivity contribution in [3.05, 3.63) is 29.7 Å². The van der Waals surface area contributed by atoms with Crippen LogP contribution in [0.4, 0.5) is 0 Å². The Labute approximate surface area is 114 Å². The van der Waals surface area contributed by atoms with E-state index in [0.29, 0.717) is 0 Å². The molecule has 5 nitrogen and oxygen atoms in total. The summed E-state index contributed by atoms with van der Waals surface area (Å²) in [7, 11) is 0. The van der Waals surface area contributed by atoms with Crippen molar-refractivity contribution >= 4 is 5.65 Å². The molecule has 0 aliphatic heterocycles. The van der Waals surface area contributed by atoms with E-state index in [2.05, 4.69) is 22.3 Å². The molecule has 0 fully saturated rings. The zero-order chi connectivity index (χ0) is 13.5. The number of hydrogen-bond donors (Lipinski definition) is 1. The number of hydrogen-bond acceptors (Lipinski definition) is 4. The Morgan fingerprint density at radius 2 is 2.26 bits per heavy atom. The summed E-state index contributed by atoms with van der Waals surface area (Å²) >= 11 is 0. The maximum atomic E-state index is 5.49. The Hall–Kier alpha value is -1.46. The Kier molecular flexibility index (Phi) is 5.30. The first kappa shape index (κ1) is 14.0. The highest BCUT2D eigenvalue weighted by Crippen LogP contribution is 2.04. The van der Waals surface area contributed by atoms with Crippen LogP contribution in [0.15, 0.2) is 18.5 Å². The summed E-state index contributed by atoms with van der Waals surface area (Å²) in [5.74, 6) is 0. The molecule has 1 N–H and O–H groups in total. The van der Waals surface area contributed by atoms with E-state index in [1.807, 2.05) is 29.9 Å². The normalized spacial score (nSPS) is 11.3. The average Bonchev–Trinajstić information content (AvgIpc) is 2.77. The predicted octanol–water partition coefficient (Wildman–Crippen LogP) is 1.94. The first-order valence-corrected chi connectivity index (χ1v) is 6.89. The molecule has 2 rings (SSSR count). The van der Waals surface area contributed by atoms with Gasteiger partial charge in [0.05, 0.1) is 12.3 Å². The molecule has 0 spiro atoms. The van der Waals surface area contributed by atoms with Gasteiger partial charge in [-0.1, -0.05) is 13.3 Å². The number of aromatic nitrogens is 3. The van der Waals surface area contributed by atoms with E-state index < -0.39 is 0 Å². The number of ether oxygens (including phenoxy) is 1. The molecular formula is C14H22N4O. The molecule has 2 aromatic heterocycles. The smallest absolute Gasteiger partial charge is 0.155 e. The molecule has 0 unspecified atom stereocenters. The molecule has 0 aliphatic rings. The fraction of sp³-hybridized carbons (Fsp3) is 0.571. The number of rotatable bonds is 8. The highest BCUT2D eigenvalue weighted by molar-refractivity contribution is 5.38. The van der Waals surface area contributed by atoms with Crippen molar-refractivity contribution in [2.45, 2.75) is 33.2 Å². The van der Waals surface area contributed by atoms with Crippen molar-refractivity contribution in [1.29, 1.82) is 0 Å². The largest absolute Gasteiger partial charge is 0.380 e. The standard InChI is InChI=1S/C14H22N4O/c1-3-4-6-19-7-5-15-9-13-10-16-14-8-12(2)17-18(14)11-13/h8,10-11,15H,3-7,9H2,1-2H3. The number of nitrogens with zero attached hydrogens (tertiary/aromatic N) is 3. The van der Waals surface area contributed by atoms with Gasteiger partial charge in [0.2, 0.25) is 0 Å². The van der Waals surface area contributed by atoms with Gasteiger partial charge >= 0.3 is 0 Å². The first-order valence-electron chi connectivity index (χ1n) is 6.89. The Morgan fingerprint density at radius 1 is 1.37 bits per heavy atom. The number of fused-ring (bicyclic) bond motifs is 1. The lowest BCUT2D eigenvalue weighted by Gasteiger charge is -2.06. The molecule has 0 aromatic carbocycles.